The van der Waals surface area contributed by atoms with Crippen molar-refractivity contribution in [3.63, 3.8) is 0 Å². The van der Waals surface area contributed by atoms with Crippen molar-refractivity contribution in [1.29, 1.82) is 0 Å². The molecular formula is C16H11F5N4O. The molecule has 0 unspecified atom stereocenters. The second-order valence-electron chi connectivity index (χ2n) is 5.45. The molecule has 1 aliphatic heterocycles. The van der Waals surface area contributed by atoms with Gasteiger partial charge in [0.05, 0.1) is 17.0 Å². The number of carbonyl (C=O) groups excluding carboxylic acids is 1. The lowest BCUT2D eigenvalue weighted by molar-refractivity contribution is -0.248. The first-order chi connectivity index (χ1) is 12.1. The van der Waals surface area contributed by atoms with Crippen LogP contribution >= 0.6 is 0 Å². The number of alkyl halides is 5. The Morgan fingerprint density at radius 2 is 1.69 bits per heavy atom. The number of hydrazone groups is 1. The molecule has 2 heterocycles. The van der Waals surface area contributed by atoms with E-state index in [4.69, 9.17) is 0 Å². The van der Waals surface area contributed by atoms with Crippen molar-refractivity contribution >= 4 is 23.4 Å². The molecule has 0 saturated carbocycles. The van der Waals surface area contributed by atoms with Gasteiger partial charge in [-0.05, 0) is 24.3 Å². The molecule has 0 aliphatic carbocycles. The molecule has 1 aliphatic rings. The van der Waals surface area contributed by atoms with Gasteiger partial charge >= 0.3 is 12.1 Å². The van der Waals surface area contributed by atoms with Crippen LogP contribution in [0.15, 0.2) is 53.3 Å². The van der Waals surface area contributed by atoms with Gasteiger partial charge in [0.1, 0.15) is 0 Å². The second kappa shape index (κ2) is 6.04. The number of aryl methyl sites for hydroxylation is 1. The Balaban J connectivity index is 2.14. The van der Waals surface area contributed by atoms with E-state index in [1.165, 1.54) is 48.3 Å². The number of carbonyl (C=O) groups is 1. The molecule has 1 aromatic heterocycles. The van der Waals surface area contributed by atoms with Crippen LogP contribution in [0, 0.1) is 0 Å². The summed E-state index contributed by atoms with van der Waals surface area (Å²) in [5, 5.41) is 7.68. The first kappa shape index (κ1) is 17.8. The topological polar surface area (TPSA) is 50.5 Å². The number of halogens is 5. The van der Waals surface area contributed by atoms with Crippen LogP contribution in [0.25, 0.3) is 6.08 Å². The van der Waals surface area contributed by atoms with Crippen molar-refractivity contribution in [3.8, 4) is 0 Å². The first-order valence-electron chi connectivity index (χ1n) is 7.26. The summed E-state index contributed by atoms with van der Waals surface area (Å²) in [5.41, 5.74) is -2.41. The van der Waals surface area contributed by atoms with Crippen molar-refractivity contribution in [1.82, 2.24) is 9.78 Å². The minimum Gasteiger partial charge on any atom is -0.275 e. The summed E-state index contributed by atoms with van der Waals surface area (Å²) >= 11 is 0. The maximum absolute atomic E-state index is 14.0. The number of aromatic nitrogens is 2. The van der Waals surface area contributed by atoms with E-state index in [1.54, 1.807) is 6.07 Å². The van der Waals surface area contributed by atoms with Gasteiger partial charge in [0.15, 0.2) is 5.71 Å². The third-order valence-electron chi connectivity index (χ3n) is 3.56. The summed E-state index contributed by atoms with van der Waals surface area (Å²) in [4.78, 5) is 12.5. The summed E-state index contributed by atoms with van der Waals surface area (Å²) < 4.78 is 67.8. The number of hydrogen-bond donors (Lipinski definition) is 0. The quantitative estimate of drug-likeness (QED) is 0.614. The Morgan fingerprint density at radius 3 is 2.23 bits per heavy atom. The van der Waals surface area contributed by atoms with Crippen LogP contribution in [-0.2, 0) is 11.8 Å². The van der Waals surface area contributed by atoms with Crippen LogP contribution in [0.5, 0.6) is 0 Å². The Hall–Kier alpha value is -3.04. The molecular weight excluding hydrogens is 359 g/mol. The lowest BCUT2D eigenvalue weighted by atomic mass is 10.0. The molecule has 0 radical (unpaired) electrons. The van der Waals surface area contributed by atoms with Crippen molar-refractivity contribution in [2.75, 3.05) is 5.01 Å². The highest BCUT2D eigenvalue weighted by Gasteiger charge is 2.64. The van der Waals surface area contributed by atoms with E-state index in [0.717, 1.165) is 6.08 Å². The summed E-state index contributed by atoms with van der Waals surface area (Å²) in [6, 6.07) is 8.71. The number of benzene rings is 1. The average molecular weight is 370 g/mol. The fraction of sp³-hybridized carbons (Fsp3) is 0.188. The van der Waals surface area contributed by atoms with Crippen LogP contribution in [0.4, 0.5) is 27.6 Å². The largest absolute Gasteiger partial charge is 0.459 e. The Morgan fingerprint density at radius 1 is 1.04 bits per heavy atom. The molecule has 0 atom stereocenters. The summed E-state index contributed by atoms with van der Waals surface area (Å²) in [6.07, 6.45) is -3.58. The van der Waals surface area contributed by atoms with E-state index in [1.807, 2.05) is 0 Å². The Bertz CT molecular complexity index is 899. The van der Waals surface area contributed by atoms with E-state index in [0.29, 0.717) is 5.01 Å². The molecule has 3 rings (SSSR count). The zero-order chi connectivity index (χ0) is 19.1. The zero-order valence-electron chi connectivity index (χ0n) is 13.2. The maximum Gasteiger partial charge on any atom is 0.459 e. The molecule has 5 nitrogen and oxygen atoms in total. The average Bonchev–Trinajstić information content (AvgIpc) is 3.12. The van der Waals surface area contributed by atoms with Crippen molar-refractivity contribution in [2.45, 2.75) is 12.1 Å². The van der Waals surface area contributed by atoms with E-state index in [2.05, 4.69) is 10.2 Å². The standard InChI is InChI=1S/C16H11F5N4O/c1-24-8-7-10(22-24)9-12-13(15(17,18)16(19,20)21)23-25(14(12)26)11-5-3-2-4-6-11/h2-9H,1H3. The van der Waals surface area contributed by atoms with E-state index in [-0.39, 0.29) is 11.4 Å². The Kier molecular flexibility index (Phi) is 4.13. The van der Waals surface area contributed by atoms with Crippen molar-refractivity contribution in [3.05, 3.63) is 53.9 Å². The smallest absolute Gasteiger partial charge is 0.275 e. The highest BCUT2D eigenvalue weighted by molar-refractivity contribution is 6.34. The van der Waals surface area contributed by atoms with Crippen LogP contribution < -0.4 is 5.01 Å². The van der Waals surface area contributed by atoms with Crippen LogP contribution in [0.1, 0.15) is 5.69 Å². The lowest BCUT2D eigenvalue weighted by Gasteiger charge is -2.19. The van der Waals surface area contributed by atoms with Gasteiger partial charge in [0.2, 0.25) is 0 Å². The number of hydrogen-bond acceptors (Lipinski definition) is 3. The molecule has 0 bridgehead atoms. The number of para-hydroxylation sites is 1. The lowest BCUT2D eigenvalue weighted by Crippen LogP contribution is -2.44. The second-order valence-corrected chi connectivity index (χ2v) is 5.45. The van der Waals surface area contributed by atoms with Crippen LogP contribution in [0.2, 0.25) is 0 Å². The highest BCUT2D eigenvalue weighted by atomic mass is 19.4. The van der Waals surface area contributed by atoms with Crippen molar-refractivity contribution < 1.29 is 26.7 Å². The van der Waals surface area contributed by atoms with Gasteiger partial charge in [0.25, 0.3) is 5.91 Å². The van der Waals surface area contributed by atoms with Crippen LogP contribution in [0.3, 0.4) is 0 Å². The van der Waals surface area contributed by atoms with Gasteiger partial charge in [-0.2, -0.15) is 37.2 Å². The Labute approximate surface area is 144 Å². The molecule has 0 fully saturated rings. The number of nitrogens with zero attached hydrogens (tertiary/aromatic N) is 4. The molecule has 0 N–H and O–H groups in total. The molecule has 10 heteroatoms. The van der Waals surface area contributed by atoms with E-state index in [9.17, 15) is 26.7 Å². The zero-order valence-corrected chi connectivity index (χ0v) is 13.2. The maximum atomic E-state index is 14.0. The van der Waals surface area contributed by atoms with E-state index >= 15 is 0 Å². The summed E-state index contributed by atoms with van der Waals surface area (Å²) in [7, 11) is 1.54. The molecule has 1 aromatic carbocycles. The number of rotatable bonds is 3. The predicted octanol–water partition coefficient (Wildman–Crippen LogP) is 3.40. The molecule has 0 saturated heterocycles. The van der Waals surface area contributed by atoms with Crippen LogP contribution in [-0.4, -0.2) is 33.5 Å². The van der Waals surface area contributed by atoms with Gasteiger partial charge in [-0.25, -0.2) is 0 Å². The van der Waals surface area contributed by atoms with Gasteiger partial charge < -0.3 is 0 Å². The first-order valence-corrected chi connectivity index (χ1v) is 7.26. The third-order valence-corrected chi connectivity index (χ3v) is 3.56. The molecule has 26 heavy (non-hydrogen) atoms. The molecule has 1 amide bonds. The van der Waals surface area contributed by atoms with Gasteiger partial charge in [0, 0.05) is 13.2 Å². The predicted molar refractivity (Wildman–Crippen MR) is 83.6 cm³/mol. The monoisotopic (exact) mass is 370 g/mol. The van der Waals surface area contributed by atoms with Gasteiger partial charge in [-0.1, -0.05) is 18.2 Å². The van der Waals surface area contributed by atoms with Crippen molar-refractivity contribution in [2.24, 2.45) is 12.1 Å². The van der Waals surface area contributed by atoms with E-state index < -0.39 is 29.3 Å². The third kappa shape index (κ3) is 2.98. The van der Waals surface area contributed by atoms with Gasteiger partial charge in [-0.3, -0.25) is 9.48 Å². The number of amides is 1. The minimum absolute atomic E-state index is 0.0523. The van der Waals surface area contributed by atoms with Gasteiger partial charge in [-0.15, -0.1) is 0 Å². The number of anilines is 1. The molecule has 136 valence electrons. The molecule has 2 aromatic rings. The summed E-state index contributed by atoms with van der Waals surface area (Å²) in [6.45, 7) is 0. The normalized spacial score (nSPS) is 17.2. The fourth-order valence-corrected chi connectivity index (χ4v) is 2.31. The minimum atomic E-state index is -5.90. The fourth-order valence-electron chi connectivity index (χ4n) is 2.31. The highest BCUT2D eigenvalue weighted by Crippen LogP contribution is 2.41. The molecule has 0 spiro atoms. The summed E-state index contributed by atoms with van der Waals surface area (Å²) in [5.74, 6) is -6.40. The SMILES string of the molecule is Cn1ccc(C=C2C(=O)N(c3ccccc3)N=C2C(F)(F)C(F)(F)F)n1.